The first-order chi connectivity index (χ1) is 9.30. The first-order valence-electron chi connectivity index (χ1n) is 5.10. The minimum absolute atomic E-state index is 0.223. The number of nitro benzene ring substituents is 1. The number of non-ortho nitro benzene ring substituents is 1. The highest BCUT2D eigenvalue weighted by Gasteiger charge is 2.25. The van der Waals surface area contributed by atoms with Crippen LogP contribution in [0.2, 0.25) is 0 Å². The number of sulfonamides is 1. The fourth-order valence-electron chi connectivity index (χ4n) is 1.24. The topological polar surface area (TPSA) is 117 Å². The lowest BCUT2D eigenvalue weighted by Gasteiger charge is -2.16. The lowest BCUT2D eigenvalue weighted by molar-refractivity contribution is -0.384. The molecule has 0 aliphatic heterocycles. The van der Waals surface area contributed by atoms with E-state index in [1.165, 1.54) is 21.3 Å². The van der Waals surface area contributed by atoms with E-state index in [4.69, 9.17) is 13.6 Å². The molecule has 1 aromatic carbocycles. The second kappa shape index (κ2) is 6.42. The summed E-state index contributed by atoms with van der Waals surface area (Å²) in [7, 11) is -3.86. The van der Waals surface area contributed by atoms with Crippen LogP contribution in [-0.4, -0.2) is 34.7 Å². The van der Waals surface area contributed by atoms with Gasteiger partial charge in [-0.3, -0.25) is 10.1 Å². The molecule has 0 aliphatic rings. The van der Waals surface area contributed by atoms with Gasteiger partial charge >= 0.3 is 7.74 Å². The lowest BCUT2D eigenvalue weighted by atomic mass is 10.3. The predicted octanol–water partition coefficient (Wildman–Crippen LogP) is 2.17. The van der Waals surface area contributed by atoms with E-state index in [-0.39, 0.29) is 10.6 Å². The zero-order valence-electron chi connectivity index (χ0n) is 10.9. The first kappa shape index (κ1) is 16.7. The van der Waals surface area contributed by atoms with Crippen LogP contribution in [0.3, 0.4) is 0 Å². The Bertz CT molecular complexity index is 622. The summed E-state index contributed by atoms with van der Waals surface area (Å²) < 4.78 is 42.2. The van der Waals surface area contributed by atoms with Crippen LogP contribution in [-0.2, 0) is 23.6 Å². The normalized spacial score (nSPS) is 12.2. The zero-order valence-corrected chi connectivity index (χ0v) is 12.6. The molecule has 112 valence electrons. The van der Waals surface area contributed by atoms with Gasteiger partial charge in [0.1, 0.15) is 0 Å². The fourth-order valence-corrected chi connectivity index (χ4v) is 4.40. The highest BCUT2D eigenvalue weighted by atomic mass is 32.2. The second-order valence-electron chi connectivity index (χ2n) is 3.32. The first-order valence-corrected chi connectivity index (χ1v) is 8.04. The Balaban J connectivity index is 3.30. The van der Waals surface area contributed by atoms with Gasteiger partial charge in [0.05, 0.1) is 9.82 Å². The molecule has 0 aliphatic carbocycles. The van der Waals surface area contributed by atoms with Crippen LogP contribution in [0.4, 0.5) is 5.69 Å². The third kappa shape index (κ3) is 3.62. The van der Waals surface area contributed by atoms with Crippen molar-refractivity contribution in [2.24, 2.45) is 4.15 Å². The number of nitrogens with zero attached hydrogens (tertiary/aromatic N) is 2. The van der Waals surface area contributed by atoms with Crippen LogP contribution >= 0.6 is 7.74 Å². The number of hydrogen-bond donors (Lipinski definition) is 0. The molecule has 20 heavy (non-hydrogen) atoms. The summed E-state index contributed by atoms with van der Waals surface area (Å²) in [6.45, 7) is 0. The van der Waals surface area contributed by atoms with Gasteiger partial charge in [0.15, 0.2) is 0 Å². The van der Waals surface area contributed by atoms with E-state index < -0.39 is 22.7 Å². The Morgan fingerprint density at radius 1 is 1.10 bits per heavy atom. The van der Waals surface area contributed by atoms with Crippen LogP contribution in [0.25, 0.3) is 0 Å². The zero-order chi connectivity index (χ0) is 15.4. The maximum absolute atomic E-state index is 12.1. The Morgan fingerprint density at radius 3 is 1.90 bits per heavy atom. The molecule has 0 aromatic heterocycles. The van der Waals surface area contributed by atoms with Crippen molar-refractivity contribution in [1.82, 2.24) is 0 Å². The molecule has 0 unspecified atom stereocenters. The Labute approximate surface area is 116 Å². The summed E-state index contributed by atoms with van der Waals surface area (Å²) in [6.07, 6.45) is 0. The van der Waals surface area contributed by atoms with Crippen LogP contribution in [0.5, 0.6) is 0 Å². The maximum Gasteiger partial charge on any atom is 0.370 e. The van der Waals surface area contributed by atoms with Crippen LogP contribution in [0.1, 0.15) is 0 Å². The number of rotatable bonds is 6. The van der Waals surface area contributed by atoms with E-state index in [1.54, 1.807) is 0 Å². The molecule has 0 heterocycles. The smallest absolute Gasteiger partial charge is 0.305 e. The number of nitro groups is 1. The molecule has 0 amide bonds. The summed E-state index contributed by atoms with van der Waals surface area (Å²) in [6, 6.07) is 4.28. The standard InChI is InChI=1S/C9H13N2O7PS/c1-16-19(17-2,18-3)10-20(14,15)9-6-4-8(5-7-9)11(12)13/h4-7H,1-3H3. The number of hydrogen-bond acceptors (Lipinski definition) is 7. The van der Waals surface area contributed by atoms with Crippen molar-refractivity contribution in [2.75, 3.05) is 21.3 Å². The predicted molar refractivity (Wildman–Crippen MR) is 70.7 cm³/mol. The van der Waals surface area contributed by atoms with Crippen molar-refractivity contribution in [3.8, 4) is 0 Å². The highest BCUT2D eigenvalue weighted by Crippen LogP contribution is 2.52. The van der Waals surface area contributed by atoms with Crippen LogP contribution in [0, 0.1) is 10.1 Å². The Kier molecular flexibility index (Phi) is 5.37. The summed E-state index contributed by atoms with van der Waals surface area (Å²) >= 11 is 0. The van der Waals surface area contributed by atoms with Gasteiger partial charge in [0, 0.05) is 33.5 Å². The van der Waals surface area contributed by atoms with Gasteiger partial charge in [-0.25, -0.2) is 0 Å². The minimum atomic E-state index is -4.12. The minimum Gasteiger partial charge on any atom is -0.305 e. The van der Waals surface area contributed by atoms with E-state index in [1.807, 2.05) is 0 Å². The van der Waals surface area contributed by atoms with E-state index in [0.29, 0.717) is 0 Å². The molecule has 0 radical (unpaired) electrons. The van der Waals surface area contributed by atoms with Gasteiger partial charge in [-0.15, -0.1) is 0 Å². The number of benzene rings is 1. The van der Waals surface area contributed by atoms with Gasteiger partial charge in [-0.1, -0.05) is 4.15 Å². The Morgan fingerprint density at radius 2 is 1.55 bits per heavy atom. The average Bonchev–Trinajstić information content (AvgIpc) is 2.45. The fraction of sp³-hybridized carbons (Fsp3) is 0.333. The molecular formula is C9H13N2O7PS. The lowest BCUT2D eigenvalue weighted by Crippen LogP contribution is -2.01. The highest BCUT2D eigenvalue weighted by molar-refractivity contribution is 7.93. The molecule has 11 heteroatoms. The van der Waals surface area contributed by atoms with Crippen molar-refractivity contribution in [3.05, 3.63) is 34.4 Å². The largest absolute Gasteiger partial charge is 0.370 e. The molecule has 0 bridgehead atoms. The van der Waals surface area contributed by atoms with E-state index >= 15 is 0 Å². The van der Waals surface area contributed by atoms with Crippen molar-refractivity contribution in [1.29, 1.82) is 0 Å². The second-order valence-corrected chi connectivity index (χ2v) is 7.43. The summed E-state index contributed by atoms with van der Waals surface area (Å²) in [5, 5.41) is 10.5. The SMILES string of the molecule is COP(=NS(=O)(=O)c1ccc([N+](=O)[O-])cc1)(OC)OC. The monoisotopic (exact) mass is 324 g/mol. The van der Waals surface area contributed by atoms with E-state index in [0.717, 1.165) is 24.3 Å². The van der Waals surface area contributed by atoms with Crippen LogP contribution < -0.4 is 0 Å². The van der Waals surface area contributed by atoms with Gasteiger partial charge in [-0.2, -0.15) is 8.42 Å². The quantitative estimate of drug-likeness (QED) is 0.447. The molecule has 9 nitrogen and oxygen atoms in total. The summed E-state index contributed by atoms with van der Waals surface area (Å²) in [5.74, 6) is 0. The molecule has 1 aromatic rings. The summed E-state index contributed by atoms with van der Waals surface area (Å²) in [5.41, 5.74) is -0.227. The molecule has 0 fully saturated rings. The average molecular weight is 324 g/mol. The van der Waals surface area contributed by atoms with Gasteiger partial charge in [0.2, 0.25) is 0 Å². The Hall–Kier alpha value is -1.32. The molecule has 0 atom stereocenters. The van der Waals surface area contributed by atoms with Gasteiger partial charge in [-0.05, 0) is 12.1 Å². The van der Waals surface area contributed by atoms with Crippen molar-refractivity contribution in [2.45, 2.75) is 4.90 Å². The van der Waals surface area contributed by atoms with Gasteiger partial charge in [0.25, 0.3) is 15.7 Å². The third-order valence-corrected chi connectivity index (χ3v) is 6.16. The molecule has 1 rings (SSSR count). The molecule has 0 saturated heterocycles. The molecule has 0 spiro atoms. The van der Waals surface area contributed by atoms with E-state index in [9.17, 15) is 18.5 Å². The third-order valence-electron chi connectivity index (χ3n) is 2.25. The maximum atomic E-state index is 12.1. The van der Waals surface area contributed by atoms with Crippen molar-refractivity contribution < 1.29 is 26.9 Å². The molecule has 0 N–H and O–H groups in total. The van der Waals surface area contributed by atoms with Crippen LogP contribution in [0.15, 0.2) is 33.3 Å². The van der Waals surface area contributed by atoms with Crippen molar-refractivity contribution >= 4 is 23.4 Å². The van der Waals surface area contributed by atoms with E-state index in [2.05, 4.69) is 4.15 Å². The summed E-state index contributed by atoms with van der Waals surface area (Å²) in [4.78, 5) is 9.65. The molecule has 0 saturated carbocycles. The molecular weight excluding hydrogens is 311 g/mol. The van der Waals surface area contributed by atoms with Crippen molar-refractivity contribution in [3.63, 3.8) is 0 Å². The van der Waals surface area contributed by atoms with Gasteiger partial charge < -0.3 is 13.6 Å².